The Labute approximate surface area is 108 Å². The van der Waals surface area contributed by atoms with Crippen molar-refractivity contribution in [2.45, 2.75) is 39.5 Å². The molecule has 1 N–H and O–H groups in total. The Bertz CT molecular complexity index is 258. The average Bonchev–Trinajstić information content (AvgIpc) is 2.82. The summed E-state index contributed by atoms with van der Waals surface area (Å²) < 4.78 is 11.0. The molecule has 0 saturated heterocycles. The van der Waals surface area contributed by atoms with Gasteiger partial charge in [0.15, 0.2) is 6.29 Å². The van der Waals surface area contributed by atoms with Gasteiger partial charge in [-0.05, 0) is 55.6 Å². The van der Waals surface area contributed by atoms with E-state index in [4.69, 9.17) is 9.47 Å². The molecular weight excluding hydrogens is 234 g/mol. The third kappa shape index (κ3) is 6.78. The van der Waals surface area contributed by atoms with E-state index in [-0.39, 0.29) is 6.29 Å². The van der Waals surface area contributed by atoms with Crippen LogP contribution in [0.1, 0.15) is 32.3 Å². The fourth-order valence-corrected chi connectivity index (χ4v) is 2.27. The summed E-state index contributed by atoms with van der Waals surface area (Å²) in [5, 5.41) is 7.71. The summed E-state index contributed by atoms with van der Waals surface area (Å²) in [5.41, 5.74) is 1.36. The van der Waals surface area contributed by atoms with Gasteiger partial charge in [-0.2, -0.15) is 11.3 Å². The number of nitrogens with one attached hydrogen (secondary N) is 1. The van der Waals surface area contributed by atoms with E-state index in [1.807, 2.05) is 13.8 Å². The van der Waals surface area contributed by atoms with Crippen LogP contribution >= 0.6 is 11.3 Å². The van der Waals surface area contributed by atoms with Gasteiger partial charge in [-0.3, -0.25) is 0 Å². The average molecular weight is 257 g/mol. The van der Waals surface area contributed by atoms with Crippen molar-refractivity contribution in [1.82, 2.24) is 5.32 Å². The zero-order chi connectivity index (χ0) is 12.3. The van der Waals surface area contributed by atoms with E-state index in [1.165, 1.54) is 5.56 Å². The van der Waals surface area contributed by atoms with Crippen LogP contribution in [0.15, 0.2) is 16.8 Å². The molecule has 0 spiro atoms. The molecule has 0 atom stereocenters. The first kappa shape index (κ1) is 14.6. The molecule has 98 valence electrons. The van der Waals surface area contributed by atoms with E-state index < -0.39 is 0 Å². The maximum Gasteiger partial charge on any atom is 0.157 e. The molecule has 4 heteroatoms. The summed E-state index contributed by atoms with van der Waals surface area (Å²) in [5.74, 6) is 0. The molecule has 0 bridgehead atoms. The van der Waals surface area contributed by atoms with Crippen LogP contribution in [0.5, 0.6) is 0 Å². The van der Waals surface area contributed by atoms with E-state index in [1.54, 1.807) is 11.3 Å². The molecule has 0 radical (unpaired) electrons. The van der Waals surface area contributed by atoms with Gasteiger partial charge in [-0.15, -0.1) is 0 Å². The number of hydrogen-bond acceptors (Lipinski definition) is 4. The summed E-state index contributed by atoms with van der Waals surface area (Å²) in [4.78, 5) is 0. The van der Waals surface area contributed by atoms with E-state index >= 15 is 0 Å². The Morgan fingerprint density at radius 1 is 1.29 bits per heavy atom. The van der Waals surface area contributed by atoms with Crippen LogP contribution in [-0.4, -0.2) is 26.0 Å². The normalized spacial score (nSPS) is 11.2. The summed E-state index contributed by atoms with van der Waals surface area (Å²) in [6.07, 6.45) is 2.00. The van der Waals surface area contributed by atoms with Gasteiger partial charge >= 0.3 is 0 Å². The maximum absolute atomic E-state index is 5.49. The lowest BCUT2D eigenvalue weighted by Crippen LogP contribution is -2.21. The predicted molar refractivity (Wildman–Crippen MR) is 72.3 cm³/mol. The van der Waals surface area contributed by atoms with Gasteiger partial charge in [-0.1, -0.05) is 0 Å². The summed E-state index contributed by atoms with van der Waals surface area (Å²) in [6, 6.07) is 2.15. The van der Waals surface area contributed by atoms with Gasteiger partial charge in [-0.25, -0.2) is 0 Å². The minimum absolute atomic E-state index is 0.0343. The predicted octanol–water partition coefficient (Wildman–Crippen LogP) is 3.02. The lowest BCUT2D eigenvalue weighted by atomic mass is 10.3. The highest BCUT2D eigenvalue weighted by atomic mass is 32.1. The molecule has 3 nitrogen and oxygen atoms in total. The van der Waals surface area contributed by atoms with E-state index in [0.717, 1.165) is 25.9 Å². The van der Waals surface area contributed by atoms with Crippen molar-refractivity contribution >= 4 is 11.3 Å². The Morgan fingerprint density at radius 3 is 2.65 bits per heavy atom. The second-order valence-electron chi connectivity index (χ2n) is 3.79. The molecule has 1 heterocycles. The van der Waals surface area contributed by atoms with Crippen LogP contribution in [0.3, 0.4) is 0 Å². The molecule has 0 saturated carbocycles. The first-order valence-corrected chi connectivity index (χ1v) is 7.26. The smallest absolute Gasteiger partial charge is 0.157 e. The third-order valence-corrected chi connectivity index (χ3v) is 3.14. The summed E-state index contributed by atoms with van der Waals surface area (Å²) in [6.45, 7) is 7.39. The fraction of sp³-hybridized carbons (Fsp3) is 0.692. The Hall–Kier alpha value is -0.420. The largest absolute Gasteiger partial charge is 0.353 e. The van der Waals surface area contributed by atoms with Crippen molar-refractivity contribution in [2.75, 3.05) is 19.8 Å². The van der Waals surface area contributed by atoms with Crippen molar-refractivity contribution in [3.63, 3.8) is 0 Å². The quantitative estimate of drug-likeness (QED) is 0.516. The lowest BCUT2D eigenvalue weighted by molar-refractivity contribution is -0.139. The molecule has 17 heavy (non-hydrogen) atoms. The van der Waals surface area contributed by atoms with Crippen molar-refractivity contribution in [2.24, 2.45) is 0 Å². The van der Waals surface area contributed by atoms with Gasteiger partial charge in [0.1, 0.15) is 0 Å². The Morgan fingerprint density at radius 2 is 2.06 bits per heavy atom. The Kier molecular flexibility index (Phi) is 8.26. The highest BCUT2D eigenvalue weighted by molar-refractivity contribution is 7.07. The molecule has 1 rings (SSSR count). The first-order valence-electron chi connectivity index (χ1n) is 6.31. The van der Waals surface area contributed by atoms with E-state index in [2.05, 4.69) is 22.1 Å². The molecule has 0 unspecified atom stereocenters. The van der Waals surface area contributed by atoms with Crippen LogP contribution in [0, 0.1) is 0 Å². The summed E-state index contributed by atoms with van der Waals surface area (Å²) >= 11 is 1.74. The van der Waals surface area contributed by atoms with Gasteiger partial charge in [0.05, 0.1) is 0 Å². The highest BCUT2D eigenvalue weighted by Crippen LogP contribution is 2.06. The van der Waals surface area contributed by atoms with Crippen LogP contribution in [0.25, 0.3) is 0 Å². The second-order valence-corrected chi connectivity index (χ2v) is 4.57. The third-order valence-electron chi connectivity index (χ3n) is 2.41. The molecule has 0 fully saturated rings. The van der Waals surface area contributed by atoms with Gasteiger partial charge in [0.2, 0.25) is 0 Å². The zero-order valence-corrected chi connectivity index (χ0v) is 11.6. The van der Waals surface area contributed by atoms with Crippen LogP contribution in [-0.2, 0) is 16.0 Å². The topological polar surface area (TPSA) is 30.5 Å². The minimum atomic E-state index is -0.0343. The van der Waals surface area contributed by atoms with E-state index in [9.17, 15) is 0 Å². The zero-order valence-electron chi connectivity index (χ0n) is 10.8. The maximum atomic E-state index is 5.49. The van der Waals surface area contributed by atoms with Gasteiger partial charge in [0, 0.05) is 19.8 Å². The monoisotopic (exact) mass is 257 g/mol. The van der Waals surface area contributed by atoms with Crippen LogP contribution in [0.2, 0.25) is 0 Å². The molecule has 0 aliphatic heterocycles. The molecule has 0 aliphatic carbocycles. The van der Waals surface area contributed by atoms with Crippen molar-refractivity contribution in [3.8, 4) is 0 Å². The molecule has 0 amide bonds. The molecule has 1 aromatic rings. The molecule has 0 aliphatic rings. The standard InChI is InChI=1S/C13H23NO2S/c1-3-15-13(16-4-2)6-5-8-14-10-12-7-9-17-11-12/h7,9,11,13-14H,3-6,8,10H2,1-2H3. The SMILES string of the molecule is CCOC(CCCNCc1ccsc1)OCC. The lowest BCUT2D eigenvalue weighted by Gasteiger charge is -2.16. The number of hydrogen-bond donors (Lipinski definition) is 1. The molecular formula is C13H23NO2S. The van der Waals surface area contributed by atoms with Crippen molar-refractivity contribution in [3.05, 3.63) is 22.4 Å². The van der Waals surface area contributed by atoms with Gasteiger partial charge in [0.25, 0.3) is 0 Å². The number of thiophene rings is 1. The minimum Gasteiger partial charge on any atom is -0.353 e. The molecule has 0 aromatic carbocycles. The number of ether oxygens (including phenoxy) is 2. The molecule has 1 aromatic heterocycles. The summed E-state index contributed by atoms with van der Waals surface area (Å²) in [7, 11) is 0. The van der Waals surface area contributed by atoms with E-state index in [0.29, 0.717) is 13.2 Å². The van der Waals surface area contributed by atoms with Crippen LogP contribution < -0.4 is 5.32 Å². The van der Waals surface area contributed by atoms with Crippen LogP contribution in [0.4, 0.5) is 0 Å². The second kappa shape index (κ2) is 9.59. The van der Waals surface area contributed by atoms with Gasteiger partial charge < -0.3 is 14.8 Å². The van der Waals surface area contributed by atoms with Crippen molar-refractivity contribution < 1.29 is 9.47 Å². The van der Waals surface area contributed by atoms with Crippen molar-refractivity contribution in [1.29, 1.82) is 0 Å². The first-order chi connectivity index (χ1) is 8.36. The fourth-order valence-electron chi connectivity index (χ4n) is 1.61. The highest BCUT2D eigenvalue weighted by Gasteiger charge is 2.06. The number of rotatable bonds is 10. The Balaban J connectivity index is 2.01.